The van der Waals surface area contributed by atoms with Gasteiger partial charge in [0.1, 0.15) is 5.82 Å². The van der Waals surface area contributed by atoms with E-state index < -0.39 is 0 Å². The molecule has 0 heterocycles. The van der Waals surface area contributed by atoms with E-state index in [1.54, 1.807) is 12.1 Å². The van der Waals surface area contributed by atoms with Gasteiger partial charge >= 0.3 is 0 Å². The average molecular weight is 254 g/mol. The van der Waals surface area contributed by atoms with Crippen LogP contribution in [-0.2, 0) is 6.42 Å². The maximum absolute atomic E-state index is 13.4. The minimum Gasteiger partial charge on any atom is -0.330 e. The molecule has 0 radical (unpaired) electrons. The monoisotopic (exact) mass is 253 g/mol. The highest BCUT2D eigenvalue weighted by atomic mass is 35.5. The third-order valence-electron chi connectivity index (χ3n) is 4.46. The van der Waals surface area contributed by atoms with Gasteiger partial charge in [0, 0.05) is 0 Å². The fourth-order valence-corrected chi connectivity index (χ4v) is 3.59. The number of benzene rings is 1. The van der Waals surface area contributed by atoms with Crippen molar-refractivity contribution in [1.82, 2.24) is 0 Å². The maximum Gasteiger partial charge on any atom is 0.142 e. The van der Waals surface area contributed by atoms with Gasteiger partial charge in [0.15, 0.2) is 0 Å². The average Bonchev–Trinajstić information content (AvgIpc) is 2.93. The van der Waals surface area contributed by atoms with Crippen LogP contribution in [0.1, 0.15) is 24.8 Å². The van der Waals surface area contributed by atoms with Crippen molar-refractivity contribution in [3.8, 4) is 0 Å². The van der Waals surface area contributed by atoms with Gasteiger partial charge in [0.25, 0.3) is 0 Å². The first-order valence-electron chi connectivity index (χ1n) is 6.26. The van der Waals surface area contributed by atoms with Crippen LogP contribution in [0.5, 0.6) is 0 Å². The zero-order valence-corrected chi connectivity index (χ0v) is 10.5. The molecule has 0 saturated heterocycles. The van der Waals surface area contributed by atoms with Gasteiger partial charge in [-0.15, -0.1) is 0 Å². The maximum atomic E-state index is 13.4. The third-order valence-corrected chi connectivity index (χ3v) is 4.76. The lowest BCUT2D eigenvalue weighted by Gasteiger charge is -2.29. The first-order chi connectivity index (χ1) is 8.12. The largest absolute Gasteiger partial charge is 0.330 e. The van der Waals surface area contributed by atoms with E-state index in [1.165, 1.54) is 19.3 Å². The number of fused-ring (bicyclic) bond motifs is 1. The zero-order valence-electron chi connectivity index (χ0n) is 9.76. The Morgan fingerprint density at radius 1 is 1.35 bits per heavy atom. The van der Waals surface area contributed by atoms with Crippen molar-refractivity contribution < 1.29 is 4.39 Å². The molecule has 2 saturated carbocycles. The number of hydrogen-bond donors (Lipinski definition) is 1. The van der Waals surface area contributed by atoms with Crippen LogP contribution in [0.25, 0.3) is 0 Å². The van der Waals surface area contributed by atoms with Gasteiger partial charge in [-0.3, -0.25) is 0 Å². The van der Waals surface area contributed by atoms with Crippen molar-refractivity contribution in [2.45, 2.75) is 25.7 Å². The molecule has 3 heteroatoms. The lowest BCUT2D eigenvalue weighted by atomic mass is 9.77. The molecule has 3 rings (SSSR count). The number of hydrogen-bond acceptors (Lipinski definition) is 1. The number of halogens is 2. The lowest BCUT2D eigenvalue weighted by Crippen LogP contribution is -2.31. The lowest BCUT2D eigenvalue weighted by molar-refractivity contribution is 0.272. The van der Waals surface area contributed by atoms with Gasteiger partial charge in [-0.2, -0.15) is 0 Å². The minimum absolute atomic E-state index is 0.199. The van der Waals surface area contributed by atoms with Gasteiger partial charge in [0.05, 0.1) is 5.02 Å². The second kappa shape index (κ2) is 3.96. The predicted octanol–water partition coefficient (Wildman–Crippen LogP) is 3.40. The smallest absolute Gasteiger partial charge is 0.142 e. The number of nitrogens with two attached hydrogens (primary N) is 1. The van der Waals surface area contributed by atoms with Crippen molar-refractivity contribution in [2.24, 2.45) is 23.0 Å². The van der Waals surface area contributed by atoms with Crippen LogP contribution in [-0.4, -0.2) is 6.54 Å². The van der Waals surface area contributed by atoms with Gasteiger partial charge in [0.2, 0.25) is 0 Å². The molecule has 1 nitrogen and oxygen atoms in total. The van der Waals surface area contributed by atoms with Crippen molar-refractivity contribution in [2.75, 3.05) is 6.54 Å². The molecule has 1 aromatic carbocycles. The summed E-state index contributed by atoms with van der Waals surface area (Å²) in [5.74, 6) is 1.48. The molecule has 92 valence electrons. The summed E-state index contributed by atoms with van der Waals surface area (Å²) in [5.41, 5.74) is 7.19. The Balaban J connectivity index is 1.78. The van der Waals surface area contributed by atoms with Crippen LogP contribution < -0.4 is 5.73 Å². The van der Waals surface area contributed by atoms with Crippen LogP contribution in [0.15, 0.2) is 18.2 Å². The molecule has 0 amide bonds. The van der Waals surface area contributed by atoms with Crippen LogP contribution in [0.2, 0.25) is 5.02 Å². The van der Waals surface area contributed by atoms with Gasteiger partial charge in [-0.1, -0.05) is 17.7 Å². The van der Waals surface area contributed by atoms with Gasteiger partial charge < -0.3 is 5.73 Å². The summed E-state index contributed by atoms with van der Waals surface area (Å²) < 4.78 is 13.4. The van der Waals surface area contributed by atoms with Crippen LogP contribution in [0.4, 0.5) is 4.39 Å². The zero-order chi connectivity index (χ0) is 12.0. The Morgan fingerprint density at radius 2 is 2.06 bits per heavy atom. The molecule has 0 spiro atoms. The van der Waals surface area contributed by atoms with Crippen molar-refractivity contribution in [3.05, 3.63) is 34.6 Å². The van der Waals surface area contributed by atoms with E-state index in [4.69, 9.17) is 17.3 Å². The highest BCUT2D eigenvalue weighted by Gasteiger charge is 2.52. The Morgan fingerprint density at radius 3 is 2.65 bits per heavy atom. The summed E-state index contributed by atoms with van der Waals surface area (Å²) >= 11 is 5.70. The summed E-state index contributed by atoms with van der Waals surface area (Å²) in [6, 6.07) is 5.13. The second-order valence-corrected chi connectivity index (χ2v) is 6.20. The Hall–Kier alpha value is -0.600. The van der Waals surface area contributed by atoms with E-state index in [9.17, 15) is 4.39 Å². The molecule has 2 N–H and O–H groups in total. The van der Waals surface area contributed by atoms with Crippen molar-refractivity contribution in [1.29, 1.82) is 0 Å². The molecule has 2 aliphatic carbocycles. The quantitative estimate of drug-likeness (QED) is 0.878. The highest BCUT2D eigenvalue weighted by Crippen LogP contribution is 2.60. The molecule has 2 fully saturated rings. The molecule has 17 heavy (non-hydrogen) atoms. The predicted molar refractivity (Wildman–Crippen MR) is 67.4 cm³/mol. The highest BCUT2D eigenvalue weighted by molar-refractivity contribution is 6.30. The third kappa shape index (κ3) is 2.09. The molecule has 0 aliphatic heterocycles. The van der Waals surface area contributed by atoms with E-state index in [-0.39, 0.29) is 16.3 Å². The van der Waals surface area contributed by atoms with E-state index in [0.29, 0.717) is 6.54 Å². The molecule has 1 aromatic rings. The van der Waals surface area contributed by atoms with E-state index in [1.807, 2.05) is 6.07 Å². The van der Waals surface area contributed by atoms with E-state index in [2.05, 4.69) is 0 Å². The van der Waals surface area contributed by atoms with Crippen molar-refractivity contribution >= 4 is 11.6 Å². The SMILES string of the molecule is NCC1(Cc2ccc(Cl)c(F)c2)CC2CC2C1. The first-order valence-corrected chi connectivity index (χ1v) is 6.64. The standard InChI is InChI=1S/C14H17ClFN/c15-12-2-1-9(3-13(12)16)5-14(8-17)6-10-4-11(10)7-14/h1-3,10-11H,4-8,17H2. The molecule has 2 aliphatic rings. The summed E-state index contributed by atoms with van der Waals surface area (Å²) in [5, 5.41) is 0.199. The fourth-order valence-electron chi connectivity index (χ4n) is 3.47. The Bertz CT molecular complexity index is 436. The van der Waals surface area contributed by atoms with Gasteiger partial charge in [-0.05, 0) is 67.2 Å². The first kappa shape index (κ1) is 11.5. The topological polar surface area (TPSA) is 26.0 Å². The van der Waals surface area contributed by atoms with E-state index >= 15 is 0 Å². The summed E-state index contributed by atoms with van der Waals surface area (Å²) in [7, 11) is 0. The van der Waals surface area contributed by atoms with E-state index in [0.717, 1.165) is 23.8 Å². The fraction of sp³-hybridized carbons (Fsp3) is 0.571. The van der Waals surface area contributed by atoms with Crippen molar-refractivity contribution in [3.63, 3.8) is 0 Å². The molecular weight excluding hydrogens is 237 g/mol. The molecule has 0 aromatic heterocycles. The number of rotatable bonds is 3. The van der Waals surface area contributed by atoms with Crippen LogP contribution in [0, 0.1) is 23.1 Å². The molecule has 2 atom stereocenters. The van der Waals surface area contributed by atoms with Gasteiger partial charge in [-0.25, -0.2) is 4.39 Å². The molecular formula is C14H17ClFN. The van der Waals surface area contributed by atoms with Crippen LogP contribution in [0.3, 0.4) is 0 Å². The molecule has 2 unspecified atom stereocenters. The Kier molecular flexibility index (Phi) is 2.68. The summed E-state index contributed by atoms with van der Waals surface area (Å²) in [6.07, 6.45) is 4.72. The normalized spacial score (nSPS) is 34.8. The second-order valence-electron chi connectivity index (χ2n) is 5.79. The summed E-state index contributed by atoms with van der Waals surface area (Å²) in [6.45, 7) is 0.713. The van der Waals surface area contributed by atoms with Crippen LogP contribution >= 0.6 is 11.6 Å². The molecule has 0 bridgehead atoms. The Labute approximate surface area is 106 Å². The summed E-state index contributed by atoms with van der Waals surface area (Å²) in [4.78, 5) is 0. The minimum atomic E-state index is -0.320.